The fourth-order valence-electron chi connectivity index (χ4n) is 3.60. The molecule has 9 heteroatoms. The van der Waals surface area contributed by atoms with Crippen LogP contribution in [0.2, 0.25) is 0 Å². The molecule has 7 nitrogen and oxygen atoms in total. The summed E-state index contributed by atoms with van der Waals surface area (Å²) in [5, 5.41) is 12.7. The number of fused-ring (bicyclic) bond motifs is 1. The van der Waals surface area contributed by atoms with E-state index >= 15 is 0 Å². The fourth-order valence-corrected chi connectivity index (χ4v) is 3.85. The van der Waals surface area contributed by atoms with Crippen LogP contribution in [0.15, 0.2) is 53.1 Å². The Bertz CT molecular complexity index is 1380. The molecular formula is C24H22BrFN4O3. The number of anilines is 2. The Morgan fingerprint density at radius 3 is 2.61 bits per heavy atom. The minimum atomic E-state index is -1.11. The molecule has 0 spiro atoms. The number of pyridine rings is 1. The number of hydrogen-bond acceptors (Lipinski definition) is 5. The van der Waals surface area contributed by atoms with Crippen molar-refractivity contribution >= 4 is 44.6 Å². The number of carboxylic acid groups (broad SMARTS) is 1. The largest absolute Gasteiger partial charge is 0.476 e. The summed E-state index contributed by atoms with van der Waals surface area (Å²) in [6.45, 7) is 5.73. The first-order valence-corrected chi connectivity index (χ1v) is 10.9. The molecule has 0 unspecified atom stereocenters. The van der Waals surface area contributed by atoms with Gasteiger partial charge in [0.2, 0.25) is 5.95 Å². The van der Waals surface area contributed by atoms with E-state index in [1.54, 1.807) is 30.3 Å². The van der Waals surface area contributed by atoms with Crippen molar-refractivity contribution < 1.29 is 19.0 Å². The number of carboxylic acids is 1. The van der Waals surface area contributed by atoms with Crippen LogP contribution in [-0.2, 0) is 12.5 Å². The normalized spacial score (nSPS) is 11.6. The summed E-state index contributed by atoms with van der Waals surface area (Å²) in [6.07, 6.45) is 1.42. The third kappa shape index (κ3) is 4.54. The molecule has 2 aromatic heterocycles. The van der Waals surface area contributed by atoms with E-state index in [9.17, 15) is 14.3 Å². The van der Waals surface area contributed by atoms with Gasteiger partial charge in [0.1, 0.15) is 17.3 Å². The molecule has 2 heterocycles. The average Bonchev–Trinajstić information content (AvgIpc) is 3.04. The second kappa shape index (κ2) is 8.47. The smallest absolute Gasteiger partial charge is 0.354 e. The van der Waals surface area contributed by atoms with Crippen molar-refractivity contribution in [3.8, 4) is 11.5 Å². The van der Waals surface area contributed by atoms with Crippen LogP contribution in [0, 0.1) is 5.82 Å². The second-order valence-corrected chi connectivity index (χ2v) is 9.44. The summed E-state index contributed by atoms with van der Waals surface area (Å²) >= 11 is 3.15. The molecule has 0 aliphatic rings. The van der Waals surface area contributed by atoms with E-state index in [0.29, 0.717) is 38.7 Å². The molecular weight excluding hydrogens is 491 g/mol. The van der Waals surface area contributed by atoms with Gasteiger partial charge in [0.25, 0.3) is 0 Å². The van der Waals surface area contributed by atoms with Crippen molar-refractivity contribution in [1.29, 1.82) is 0 Å². The van der Waals surface area contributed by atoms with Crippen LogP contribution in [0.25, 0.3) is 11.0 Å². The van der Waals surface area contributed by atoms with Gasteiger partial charge in [-0.1, -0.05) is 20.8 Å². The predicted octanol–water partition coefficient (Wildman–Crippen LogP) is 6.40. The van der Waals surface area contributed by atoms with Gasteiger partial charge >= 0.3 is 5.97 Å². The molecule has 0 amide bonds. The molecule has 0 saturated heterocycles. The summed E-state index contributed by atoms with van der Waals surface area (Å²) < 4.78 is 22.2. The van der Waals surface area contributed by atoms with Crippen LogP contribution in [0.5, 0.6) is 11.5 Å². The molecule has 2 N–H and O–H groups in total. The van der Waals surface area contributed by atoms with Gasteiger partial charge in [0.05, 0.1) is 15.5 Å². The van der Waals surface area contributed by atoms with E-state index in [1.165, 1.54) is 12.3 Å². The second-order valence-electron chi connectivity index (χ2n) is 8.59. The van der Waals surface area contributed by atoms with Crippen LogP contribution in [0.4, 0.5) is 16.0 Å². The van der Waals surface area contributed by atoms with Gasteiger partial charge in [-0.05, 0) is 57.7 Å². The molecule has 4 rings (SSSR count). The summed E-state index contributed by atoms with van der Waals surface area (Å²) in [5.41, 5.74) is 2.06. The Hall–Kier alpha value is -3.46. The number of benzene rings is 2. The monoisotopic (exact) mass is 512 g/mol. The molecule has 33 heavy (non-hydrogen) atoms. The highest BCUT2D eigenvalue weighted by molar-refractivity contribution is 9.10. The maximum Gasteiger partial charge on any atom is 0.354 e. The number of aromatic nitrogens is 3. The van der Waals surface area contributed by atoms with Crippen molar-refractivity contribution in [2.24, 2.45) is 7.05 Å². The van der Waals surface area contributed by atoms with Crippen LogP contribution in [0.3, 0.4) is 0 Å². The lowest BCUT2D eigenvalue weighted by Gasteiger charge is -2.23. The first-order valence-electron chi connectivity index (χ1n) is 10.1. The van der Waals surface area contributed by atoms with Crippen LogP contribution in [-0.4, -0.2) is 25.6 Å². The maximum absolute atomic E-state index is 13.9. The first kappa shape index (κ1) is 22.7. The molecule has 0 aliphatic heterocycles. The Balaban J connectivity index is 1.69. The Morgan fingerprint density at radius 2 is 1.94 bits per heavy atom. The van der Waals surface area contributed by atoms with E-state index in [4.69, 9.17) is 4.74 Å². The van der Waals surface area contributed by atoms with E-state index < -0.39 is 11.4 Å². The van der Waals surface area contributed by atoms with E-state index in [-0.39, 0.29) is 11.5 Å². The van der Waals surface area contributed by atoms with Crippen LogP contribution < -0.4 is 10.1 Å². The first-order chi connectivity index (χ1) is 15.5. The third-order valence-corrected chi connectivity index (χ3v) is 5.76. The minimum Gasteiger partial charge on any atom is -0.476 e. The number of aryl methyl sites for hydroxylation is 1. The summed E-state index contributed by atoms with van der Waals surface area (Å²) in [4.78, 5) is 20.4. The minimum absolute atomic E-state index is 0.0351. The lowest BCUT2D eigenvalue weighted by molar-refractivity contribution is 0.0687. The quantitative estimate of drug-likeness (QED) is 0.321. The number of halogens is 2. The number of rotatable bonds is 5. The number of aromatic carboxylic acids is 1. The zero-order chi connectivity index (χ0) is 23.9. The lowest BCUT2D eigenvalue weighted by atomic mass is 9.85. The molecule has 170 valence electrons. The standard InChI is InChI=1S/C24H22BrFN4O3/c1-24(2,3)20-19(9-10-27-21(20)22(31)32)33-14-6-8-18-17(12-14)29-23(30(18)4)28-13-5-7-15(25)16(26)11-13/h5-12H,1-4H3,(H,28,29)(H,31,32). The van der Waals surface area contributed by atoms with Gasteiger partial charge in [-0.15, -0.1) is 0 Å². The number of imidazole rings is 1. The van der Waals surface area contributed by atoms with Crippen molar-refractivity contribution in [3.05, 3.63) is 70.2 Å². The Kier molecular flexibility index (Phi) is 5.84. The van der Waals surface area contributed by atoms with Gasteiger partial charge < -0.3 is 19.7 Å². The molecule has 0 saturated carbocycles. The Morgan fingerprint density at radius 1 is 1.18 bits per heavy atom. The van der Waals surface area contributed by atoms with Crippen LogP contribution in [0.1, 0.15) is 36.8 Å². The van der Waals surface area contributed by atoms with Crippen molar-refractivity contribution in [2.45, 2.75) is 26.2 Å². The van der Waals surface area contributed by atoms with Gasteiger partial charge in [-0.25, -0.2) is 19.2 Å². The van der Waals surface area contributed by atoms with Crippen molar-refractivity contribution in [1.82, 2.24) is 14.5 Å². The number of carbonyl (C=O) groups is 1. The summed E-state index contributed by atoms with van der Waals surface area (Å²) in [7, 11) is 1.85. The molecule has 0 fully saturated rings. The third-order valence-electron chi connectivity index (χ3n) is 5.12. The molecule has 4 aromatic rings. The maximum atomic E-state index is 13.9. The molecule has 0 atom stereocenters. The van der Waals surface area contributed by atoms with Gasteiger partial charge in [-0.2, -0.15) is 0 Å². The highest BCUT2D eigenvalue weighted by Crippen LogP contribution is 2.37. The molecule has 2 aromatic carbocycles. The SMILES string of the molecule is Cn1c(Nc2ccc(Br)c(F)c2)nc2cc(Oc3ccnc(C(=O)O)c3C(C)(C)C)ccc21. The number of nitrogens with one attached hydrogen (secondary N) is 1. The van der Waals surface area contributed by atoms with E-state index in [1.807, 2.05) is 38.5 Å². The summed E-state index contributed by atoms with van der Waals surface area (Å²) in [5.74, 6) is -0.00657. The number of nitrogens with zero attached hydrogens (tertiary/aromatic N) is 3. The van der Waals surface area contributed by atoms with Crippen molar-refractivity contribution in [3.63, 3.8) is 0 Å². The number of hydrogen-bond donors (Lipinski definition) is 2. The lowest BCUT2D eigenvalue weighted by Crippen LogP contribution is -2.19. The van der Waals surface area contributed by atoms with Gasteiger partial charge in [0.15, 0.2) is 5.69 Å². The summed E-state index contributed by atoms with van der Waals surface area (Å²) in [6, 6.07) is 11.8. The van der Waals surface area contributed by atoms with Gasteiger partial charge in [0, 0.05) is 30.6 Å². The zero-order valence-corrected chi connectivity index (χ0v) is 20.1. The van der Waals surface area contributed by atoms with E-state index in [2.05, 4.69) is 31.2 Å². The zero-order valence-electron chi connectivity index (χ0n) is 18.5. The van der Waals surface area contributed by atoms with Gasteiger partial charge in [-0.3, -0.25) is 0 Å². The predicted molar refractivity (Wildman–Crippen MR) is 128 cm³/mol. The number of ether oxygens (including phenoxy) is 1. The highest BCUT2D eigenvalue weighted by atomic mass is 79.9. The van der Waals surface area contributed by atoms with Crippen molar-refractivity contribution in [2.75, 3.05) is 5.32 Å². The highest BCUT2D eigenvalue weighted by Gasteiger charge is 2.27. The van der Waals surface area contributed by atoms with Crippen LogP contribution >= 0.6 is 15.9 Å². The topological polar surface area (TPSA) is 89.3 Å². The van der Waals surface area contributed by atoms with E-state index in [0.717, 1.165) is 5.52 Å². The molecule has 0 aliphatic carbocycles. The molecule has 0 radical (unpaired) electrons. The Labute approximate surface area is 198 Å². The molecule has 0 bridgehead atoms. The average molecular weight is 513 g/mol. The fraction of sp³-hybridized carbons (Fsp3) is 0.208.